The number of carbonyl (C=O) groups is 1. The molecule has 9 heteroatoms. The van der Waals surface area contributed by atoms with E-state index in [2.05, 4.69) is 10.3 Å². The third kappa shape index (κ3) is 5.63. The van der Waals surface area contributed by atoms with Crippen molar-refractivity contribution >= 4 is 34.7 Å². The van der Waals surface area contributed by atoms with E-state index in [1.54, 1.807) is 19.2 Å². The minimum absolute atomic E-state index is 0.113. The second-order valence-electron chi connectivity index (χ2n) is 6.23. The summed E-state index contributed by atoms with van der Waals surface area (Å²) >= 11 is 2.65. The predicted octanol–water partition coefficient (Wildman–Crippen LogP) is 4.59. The molecular weight excluding hydrogens is 410 g/mol. The molecule has 0 aliphatic carbocycles. The van der Waals surface area contributed by atoms with E-state index in [-0.39, 0.29) is 17.2 Å². The van der Waals surface area contributed by atoms with E-state index in [0.29, 0.717) is 18.0 Å². The molecule has 7 nitrogen and oxygen atoms in total. The van der Waals surface area contributed by atoms with Crippen LogP contribution in [-0.4, -0.2) is 22.9 Å². The fraction of sp³-hybridized carbons (Fsp3) is 0.200. The van der Waals surface area contributed by atoms with Gasteiger partial charge in [-0.05, 0) is 30.2 Å². The number of nitrogens with one attached hydrogen (secondary N) is 1. The molecule has 0 fully saturated rings. The molecule has 2 aromatic carbocycles. The first-order chi connectivity index (χ1) is 14.0. The molecule has 150 valence electrons. The van der Waals surface area contributed by atoms with Gasteiger partial charge in [0.2, 0.25) is 0 Å². The molecule has 0 atom stereocenters. The Kier molecular flexibility index (Phi) is 6.97. The molecule has 1 aromatic heterocycles. The molecule has 0 radical (unpaired) electrons. The van der Waals surface area contributed by atoms with Gasteiger partial charge >= 0.3 is 0 Å². The van der Waals surface area contributed by atoms with E-state index in [1.165, 1.54) is 29.2 Å². The molecule has 1 heterocycles. The number of nitro benzene ring substituents is 1. The SMILES string of the molecule is COCc1cccc(CNC(=O)c2ccc(Sc3nc(C)cs3)c([N+](=O)[O-])c2)c1. The van der Waals surface area contributed by atoms with Gasteiger partial charge in [-0.3, -0.25) is 14.9 Å². The molecule has 0 unspecified atom stereocenters. The third-order valence-electron chi connectivity index (χ3n) is 3.97. The van der Waals surface area contributed by atoms with Crippen molar-refractivity contribution < 1.29 is 14.5 Å². The molecule has 3 rings (SSSR count). The van der Waals surface area contributed by atoms with Crippen LogP contribution in [-0.2, 0) is 17.9 Å². The highest BCUT2D eigenvalue weighted by molar-refractivity contribution is 8.01. The van der Waals surface area contributed by atoms with E-state index in [0.717, 1.165) is 21.2 Å². The van der Waals surface area contributed by atoms with Gasteiger partial charge < -0.3 is 10.1 Å². The van der Waals surface area contributed by atoms with Gasteiger partial charge in [-0.15, -0.1) is 11.3 Å². The van der Waals surface area contributed by atoms with Crippen LogP contribution in [0.5, 0.6) is 0 Å². The van der Waals surface area contributed by atoms with Gasteiger partial charge in [0.25, 0.3) is 11.6 Å². The monoisotopic (exact) mass is 429 g/mol. The van der Waals surface area contributed by atoms with Crippen molar-refractivity contribution in [1.82, 2.24) is 10.3 Å². The van der Waals surface area contributed by atoms with Gasteiger partial charge in [-0.1, -0.05) is 36.0 Å². The van der Waals surface area contributed by atoms with Crippen LogP contribution in [0.1, 0.15) is 27.2 Å². The van der Waals surface area contributed by atoms with E-state index >= 15 is 0 Å². The van der Waals surface area contributed by atoms with Crippen molar-refractivity contribution in [1.29, 1.82) is 0 Å². The maximum Gasteiger partial charge on any atom is 0.284 e. The number of methoxy groups -OCH3 is 1. The Bertz CT molecular complexity index is 1040. The number of amides is 1. The minimum Gasteiger partial charge on any atom is -0.380 e. The molecule has 1 N–H and O–H groups in total. The lowest BCUT2D eigenvalue weighted by atomic mass is 10.1. The Morgan fingerprint density at radius 2 is 2.07 bits per heavy atom. The number of carbonyl (C=O) groups excluding carboxylic acids is 1. The van der Waals surface area contributed by atoms with Crippen LogP contribution in [0.3, 0.4) is 0 Å². The van der Waals surface area contributed by atoms with E-state index < -0.39 is 4.92 Å². The summed E-state index contributed by atoms with van der Waals surface area (Å²) < 4.78 is 5.83. The molecular formula is C20H19N3O4S2. The summed E-state index contributed by atoms with van der Waals surface area (Å²) in [6.07, 6.45) is 0. The van der Waals surface area contributed by atoms with Crippen LogP contribution in [0.15, 0.2) is 57.1 Å². The van der Waals surface area contributed by atoms with E-state index in [1.807, 2.05) is 36.6 Å². The van der Waals surface area contributed by atoms with E-state index in [9.17, 15) is 14.9 Å². The molecule has 3 aromatic rings. The molecule has 1 amide bonds. The average molecular weight is 430 g/mol. The normalized spacial score (nSPS) is 10.7. The van der Waals surface area contributed by atoms with Crippen LogP contribution < -0.4 is 5.32 Å². The summed E-state index contributed by atoms with van der Waals surface area (Å²) in [6.45, 7) is 2.68. The molecule has 0 saturated heterocycles. The number of nitro groups is 1. The standard InChI is InChI=1S/C20H19N3O4S2/c1-13-12-28-20(22-13)29-18-7-6-16(9-17(18)23(25)26)19(24)21-10-14-4-3-5-15(8-14)11-27-2/h3-9,12H,10-11H2,1-2H3,(H,21,24). The Labute approximate surface area is 176 Å². The van der Waals surface area contributed by atoms with Gasteiger partial charge in [0.1, 0.15) is 0 Å². The lowest BCUT2D eigenvalue weighted by molar-refractivity contribution is -0.387. The second-order valence-corrected chi connectivity index (χ2v) is 8.38. The smallest absolute Gasteiger partial charge is 0.284 e. The quantitative estimate of drug-likeness (QED) is 0.416. The number of aryl methyl sites for hydroxylation is 1. The van der Waals surface area contributed by atoms with Crippen molar-refractivity contribution in [2.75, 3.05) is 7.11 Å². The first-order valence-electron chi connectivity index (χ1n) is 8.69. The van der Waals surface area contributed by atoms with Crippen molar-refractivity contribution in [2.24, 2.45) is 0 Å². The Morgan fingerprint density at radius 3 is 2.76 bits per heavy atom. The number of rotatable bonds is 8. The number of hydrogen-bond donors (Lipinski definition) is 1. The summed E-state index contributed by atoms with van der Waals surface area (Å²) in [4.78, 5) is 28.3. The fourth-order valence-electron chi connectivity index (χ4n) is 2.64. The summed E-state index contributed by atoms with van der Waals surface area (Å²) in [6, 6.07) is 12.2. The maximum atomic E-state index is 12.5. The van der Waals surface area contributed by atoms with Crippen LogP contribution >= 0.6 is 23.1 Å². The molecule has 0 saturated carbocycles. The number of ether oxygens (including phenoxy) is 1. The zero-order valence-electron chi connectivity index (χ0n) is 15.9. The third-order valence-corrected chi connectivity index (χ3v) is 6.09. The van der Waals surface area contributed by atoms with Gasteiger partial charge in [-0.25, -0.2) is 4.98 Å². The van der Waals surface area contributed by atoms with Gasteiger partial charge in [-0.2, -0.15) is 0 Å². The number of thiazole rings is 1. The zero-order chi connectivity index (χ0) is 20.8. The molecule has 0 spiro atoms. The molecule has 0 bridgehead atoms. The topological polar surface area (TPSA) is 94.4 Å². The van der Waals surface area contributed by atoms with Crippen LogP contribution in [0.4, 0.5) is 5.69 Å². The highest BCUT2D eigenvalue weighted by Crippen LogP contribution is 2.36. The van der Waals surface area contributed by atoms with Crippen LogP contribution in [0.25, 0.3) is 0 Å². The van der Waals surface area contributed by atoms with Crippen molar-refractivity contribution in [3.05, 3.63) is 80.3 Å². The highest BCUT2D eigenvalue weighted by atomic mass is 32.2. The van der Waals surface area contributed by atoms with Crippen molar-refractivity contribution in [2.45, 2.75) is 29.3 Å². The second kappa shape index (κ2) is 9.64. The number of aromatic nitrogens is 1. The summed E-state index contributed by atoms with van der Waals surface area (Å²) in [5.41, 5.74) is 2.93. The maximum absolute atomic E-state index is 12.5. The summed E-state index contributed by atoms with van der Waals surface area (Å²) in [5.74, 6) is -0.369. The van der Waals surface area contributed by atoms with Gasteiger partial charge in [0.15, 0.2) is 4.34 Å². The molecule has 0 aliphatic heterocycles. The predicted molar refractivity (Wildman–Crippen MR) is 112 cm³/mol. The lowest BCUT2D eigenvalue weighted by Gasteiger charge is -2.08. The summed E-state index contributed by atoms with van der Waals surface area (Å²) in [5, 5.41) is 16.2. The Balaban J connectivity index is 1.72. The minimum atomic E-state index is -0.478. The zero-order valence-corrected chi connectivity index (χ0v) is 17.5. The van der Waals surface area contributed by atoms with Gasteiger partial charge in [0, 0.05) is 36.4 Å². The first-order valence-corrected chi connectivity index (χ1v) is 10.4. The van der Waals surface area contributed by atoms with Gasteiger partial charge in [0.05, 0.1) is 16.4 Å². The van der Waals surface area contributed by atoms with Crippen LogP contribution in [0.2, 0.25) is 0 Å². The van der Waals surface area contributed by atoms with E-state index in [4.69, 9.17) is 4.74 Å². The number of benzene rings is 2. The largest absolute Gasteiger partial charge is 0.380 e. The molecule has 0 aliphatic rings. The molecule has 29 heavy (non-hydrogen) atoms. The number of hydrogen-bond acceptors (Lipinski definition) is 7. The average Bonchev–Trinajstić information content (AvgIpc) is 3.11. The lowest BCUT2D eigenvalue weighted by Crippen LogP contribution is -2.23. The van der Waals surface area contributed by atoms with Crippen molar-refractivity contribution in [3.63, 3.8) is 0 Å². The Morgan fingerprint density at radius 1 is 1.28 bits per heavy atom. The number of nitrogens with zero attached hydrogens (tertiary/aromatic N) is 2. The fourth-order valence-corrected chi connectivity index (χ4v) is 4.52. The first kappa shape index (κ1) is 21.0. The summed E-state index contributed by atoms with van der Waals surface area (Å²) in [7, 11) is 1.62. The Hall–Kier alpha value is -2.75. The highest BCUT2D eigenvalue weighted by Gasteiger charge is 2.19. The van der Waals surface area contributed by atoms with Crippen LogP contribution in [0, 0.1) is 17.0 Å². The van der Waals surface area contributed by atoms with Crippen molar-refractivity contribution in [3.8, 4) is 0 Å².